The first-order chi connectivity index (χ1) is 22.1. The standard InChI is InChI=1S/C34H36F8N2O4/c1-7-8-20-15-44(26(45)13-22(20)33(37,38)39)25(9-16(2)3)32(48)43-24(14-27(46)47)29-30(35)21(12-23(31(29)36)34(40,41)42)28-18(5)10-17(4)11-19(28)6/h10-13,15-16,24-25H,7-9,14H2,1-6H3,(H,43,48)(H,46,47)/t24-,25-/m0/s1. The minimum absolute atomic E-state index is 0.00250. The molecule has 0 aliphatic heterocycles. The summed E-state index contributed by atoms with van der Waals surface area (Å²) in [6, 6.07) is -0.0942. The van der Waals surface area contributed by atoms with Gasteiger partial charge in [0.25, 0.3) is 5.56 Å². The zero-order chi connectivity index (χ0) is 36.5. The summed E-state index contributed by atoms with van der Waals surface area (Å²) in [6.45, 7) is 9.54. The summed E-state index contributed by atoms with van der Waals surface area (Å²) in [7, 11) is 0. The Hall–Kier alpha value is -4.23. The first kappa shape index (κ1) is 38.2. The molecule has 262 valence electrons. The number of carbonyl (C=O) groups is 2. The van der Waals surface area contributed by atoms with Crippen molar-refractivity contribution in [2.24, 2.45) is 5.92 Å². The van der Waals surface area contributed by atoms with Crippen molar-refractivity contribution in [3.8, 4) is 11.1 Å². The molecule has 0 aliphatic rings. The molecule has 1 amide bonds. The zero-order valence-corrected chi connectivity index (χ0v) is 27.1. The molecule has 48 heavy (non-hydrogen) atoms. The number of nitrogens with zero attached hydrogens (tertiary/aromatic N) is 1. The predicted molar refractivity (Wildman–Crippen MR) is 162 cm³/mol. The van der Waals surface area contributed by atoms with Crippen LogP contribution in [0.2, 0.25) is 0 Å². The molecule has 1 heterocycles. The van der Waals surface area contributed by atoms with Crippen LogP contribution in [0.1, 0.15) is 91.1 Å². The van der Waals surface area contributed by atoms with Crippen LogP contribution in [0.25, 0.3) is 11.1 Å². The van der Waals surface area contributed by atoms with Crippen molar-refractivity contribution in [1.82, 2.24) is 9.88 Å². The maximum atomic E-state index is 16.4. The van der Waals surface area contributed by atoms with E-state index < -0.39 is 88.1 Å². The van der Waals surface area contributed by atoms with Crippen molar-refractivity contribution in [2.45, 2.75) is 91.7 Å². The SMILES string of the molecule is CCCc1cn([C@@H](CC(C)C)C(=O)N[C@@H](CC(=O)O)c2c(F)c(-c3c(C)cc(C)cc3C)cc(C(F)(F)F)c2F)c(=O)cc1C(F)(F)F. The number of aliphatic carboxylic acids is 1. The van der Waals surface area contributed by atoms with E-state index in [-0.39, 0.29) is 36.5 Å². The molecule has 0 saturated carbocycles. The number of carbonyl (C=O) groups excluding carboxylic acids is 1. The fourth-order valence-electron chi connectivity index (χ4n) is 5.99. The summed E-state index contributed by atoms with van der Waals surface area (Å²) >= 11 is 0. The molecule has 14 heteroatoms. The van der Waals surface area contributed by atoms with Gasteiger partial charge in [0.1, 0.15) is 17.7 Å². The number of amides is 1. The Morgan fingerprint density at radius 2 is 1.46 bits per heavy atom. The third-order valence-electron chi connectivity index (χ3n) is 7.85. The Morgan fingerprint density at radius 1 is 0.896 bits per heavy atom. The number of hydrogen-bond donors (Lipinski definition) is 2. The number of hydrogen-bond acceptors (Lipinski definition) is 3. The monoisotopic (exact) mass is 688 g/mol. The van der Waals surface area contributed by atoms with Crippen molar-refractivity contribution in [1.29, 1.82) is 0 Å². The Labute approximate surface area is 271 Å². The smallest absolute Gasteiger partial charge is 0.419 e. The fraction of sp³-hybridized carbons (Fsp3) is 0.441. The van der Waals surface area contributed by atoms with E-state index in [4.69, 9.17) is 0 Å². The van der Waals surface area contributed by atoms with E-state index in [1.807, 2.05) is 0 Å². The molecule has 0 fully saturated rings. The van der Waals surface area contributed by atoms with E-state index in [1.165, 1.54) is 13.8 Å². The molecule has 1 aromatic heterocycles. The van der Waals surface area contributed by atoms with Gasteiger partial charge >= 0.3 is 18.3 Å². The zero-order valence-electron chi connectivity index (χ0n) is 27.1. The Morgan fingerprint density at radius 3 is 1.94 bits per heavy atom. The van der Waals surface area contributed by atoms with E-state index >= 15 is 8.78 Å². The van der Waals surface area contributed by atoms with E-state index in [1.54, 1.807) is 39.8 Å². The quantitative estimate of drug-likeness (QED) is 0.198. The average Bonchev–Trinajstić information content (AvgIpc) is 2.91. The van der Waals surface area contributed by atoms with Gasteiger partial charge in [0.15, 0.2) is 0 Å². The molecule has 2 atom stereocenters. The number of alkyl halides is 6. The van der Waals surface area contributed by atoms with Gasteiger partial charge in [-0.05, 0) is 67.9 Å². The highest BCUT2D eigenvalue weighted by molar-refractivity contribution is 5.82. The number of aromatic nitrogens is 1. The van der Waals surface area contributed by atoms with Crippen LogP contribution in [0.15, 0.2) is 35.3 Å². The maximum absolute atomic E-state index is 16.4. The minimum Gasteiger partial charge on any atom is -0.481 e. The van der Waals surface area contributed by atoms with Crippen LogP contribution in [0.5, 0.6) is 0 Å². The third-order valence-corrected chi connectivity index (χ3v) is 7.85. The highest BCUT2D eigenvalue weighted by Gasteiger charge is 2.41. The van der Waals surface area contributed by atoms with Crippen molar-refractivity contribution in [3.05, 3.63) is 91.4 Å². The molecule has 0 radical (unpaired) electrons. The number of aryl methyl sites for hydroxylation is 4. The number of carboxylic acid groups (broad SMARTS) is 1. The molecular formula is C34H36F8N2O4. The summed E-state index contributed by atoms with van der Waals surface area (Å²) in [4.78, 5) is 38.7. The highest BCUT2D eigenvalue weighted by Crippen LogP contribution is 2.42. The van der Waals surface area contributed by atoms with Gasteiger partial charge in [0.05, 0.1) is 23.6 Å². The molecular weight excluding hydrogens is 652 g/mol. The topological polar surface area (TPSA) is 88.4 Å². The average molecular weight is 689 g/mol. The summed E-state index contributed by atoms with van der Waals surface area (Å²) < 4.78 is 117. The molecule has 2 N–H and O–H groups in total. The first-order valence-corrected chi connectivity index (χ1v) is 15.1. The van der Waals surface area contributed by atoms with Gasteiger partial charge in [-0.3, -0.25) is 14.4 Å². The lowest BCUT2D eigenvalue weighted by Gasteiger charge is -2.27. The minimum atomic E-state index is -5.37. The van der Waals surface area contributed by atoms with Gasteiger partial charge in [-0.15, -0.1) is 0 Å². The van der Waals surface area contributed by atoms with Crippen molar-refractivity contribution >= 4 is 11.9 Å². The van der Waals surface area contributed by atoms with Gasteiger partial charge in [0.2, 0.25) is 5.91 Å². The summed E-state index contributed by atoms with van der Waals surface area (Å²) in [6.07, 6.45) is -10.8. The fourth-order valence-corrected chi connectivity index (χ4v) is 5.99. The molecule has 0 aliphatic carbocycles. The molecule has 2 aromatic carbocycles. The van der Waals surface area contributed by atoms with Crippen LogP contribution < -0.4 is 10.9 Å². The molecule has 0 spiro atoms. The van der Waals surface area contributed by atoms with Crippen LogP contribution in [-0.2, 0) is 28.4 Å². The van der Waals surface area contributed by atoms with Crippen LogP contribution >= 0.6 is 0 Å². The Balaban J connectivity index is 2.30. The third kappa shape index (κ3) is 8.43. The maximum Gasteiger partial charge on any atom is 0.419 e. The first-order valence-electron chi connectivity index (χ1n) is 15.1. The lowest BCUT2D eigenvalue weighted by Crippen LogP contribution is -2.41. The number of nitrogens with one attached hydrogen (secondary N) is 1. The molecule has 0 unspecified atom stereocenters. The van der Waals surface area contributed by atoms with Gasteiger partial charge in [-0.25, -0.2) is 8.78 Å². The molecule has 0 bridgehead atoms. The van der Waals surface area contributed by atoms with Gasteiger partial charge in [0, 0.05) is 23.4 Å². The number of pyridine rings is 1. The van der Waals surface area contributed by atoms with Crippen LogP contribution in [0.4, 0.5) is 35.1 Å². The largest absolute Gasteiger partial charge is 0.481 e. The number of benzene rings is 2. The molecule has 0 saturated heterocycles. The summed E-state index contributed by atoms with van der Waals surface area (Å²) in [5.41, 5.74) is -5.30. The lowest BCUT2D eigenvalue weighted by molar-refractivity contribution is -0.140. The van der Waals surface area contributed by atoms with Crippen LogP contribution in [0.3, 0.4) is 0 Å². The van der Waals surface area contributed by atoms with Crippen LogP contribution in [-0.4, -0.2) is 21.6 Å². The normalized spacial score (nSPS) is 13.5. The van der Waals surface area contributed by atoms with E-state index in [0.717, 1.165) is 10.8 Å². The molecule has 6 nitrogen and oxygen atoms in total. The van der Waals surface area contributed by atoms with E-state index in [2.05, 4.69) is 5.32 Å². The summed E-state index contributed by atoms with van der Waals surface area (Å²) in [5.74, 6) is -7.06. The predicted octanol–water partition coefficient (Wildman–Crippen LogP) is 8.63. The van der Waals surface area contributed by atoms with Crippen molar-refractivity contribution in [3.63, 3.8) is 0 Å². The summed E-state index contributed by atoms with van der Waals surface area (Å²) in [5, 5.41) is 11.8. The van der Waals surface area contributed by atoms with Gasteiger partial charge < -0.3 is 15.0 Å². The second-order valence-corrected chi connectivity index (χ2v) is 12.3. The highest BCUT2D eigenvalue weighted by atomic mass is 19.4. The Kier molecular flexibility index (Phi) is 11.5. The van der Waals surface area contributed by atoms with Crippen LogP contribution in [0, 0.1) is 38.3 Å². The number of rotatable bonds is 11. The van der Waals surface area contributed by atoms with E-state index in [0.29, 0.717) is 22.8 Å². The number of halogens is 8. The van der Waals surface area contributed by atoms with Crippen molar-refractivity contribution in [2.75, 3.05) is 0 Å². The van der Waals surface area contributed by atoms with Gasteiger partial charge in [-0.1, -0.05) is 44.9 Å². The molecule has 3 rings (SSSR count). The van der Waals surface area contributed by atoms with E-state index in [9.17, 15) is 45.8 Å². The Bertz CT molecular complexity index is 1740. The number of carboxylic acids is 1. The molecule has 3 aromatic rings. The second kappa shape index (κ2) is 14.5. The lowest BCUT2D eigenvalue weighted by atomic mass is 9.88. The second-order valence-electron chi connectivity index (χ2n) is 12.3. The van der Waals surface area contributed by atoms with Crippen molar-refractivity contribution < 1.29 is 49.8 Å². The van der Waals surface area contributed by atoms with Gasteiger partial charge in [-0.2, -0.15) is 26.3 Å².